The van der Waals surface area contributed by atoms with Gasteiger partial charge in [-0.3, -0.25) is 38.6 Å². The number of unbranched alkanes of at least 4 members (excludes halogenated alkanes) is 1. The van der Waals surface area contributed by atoms with Crippen LogP contribution in [-0.2, 0) is 57.6 Å². The highest BCUT2D eigenvalue weighted by molar-refractivity contribution is 5.97. The Morgan fingerprint density at radius 2 is 1.01 bits per heavy atom. The molecule has 0 heterocycles. The van der Waals surface area contributed by atoms with E-state index in [0.717, 1.165) is 0 Å². The molecule has 3 aromatic carbocycles. The Hall–Kier alpha value is -7.79. The molecule has 0 aliphatic heterocycles. The number of nitrogens with two attached hydrogens (primary N) is 4. The van der Waals surface area contributed by atoms with Crippen LogP contribution in [0.1, 0.15) is 69.1 Å². The highest BCUT2D eigenvalue weighted by Crippen LogP contribution is 2.14. The van der Waals surface area contributed by atoms with Crippen LogP contribution in [0.25, 0.3) is 0 Å². The molecule has 3 aromatic rings. The summed E-state index contributed by atoms with van der Waals surface area (Å²) in [4.78, 5) is 111. The van der Waals surface area contributed by atoms with Crippen LogP contribution in [0.15, 0.2) is 83.9 Å². The number of phenolic OH excluding ortho intramolecular Hbond substituents is 2. The number of carboxylic acid groups (broad SMARTS) is 1. The number of nitrogens with zero attached hydrogens (tertiary/aromatic N) is 1. The Kier molecular flexibility index (Phi) is 25.0. The highest BCUT2D eigenvalue weighted by Gasteiger charge is 2.33. The topological polar surface area (TPSA) is 398 Å². The third kappa shape index (κ3) is 22.3. The Morgan fingerprint density at radius 1 is 0.542 bits per heavy atom. The molecule has 0 aliphatic carbocycles. The van der Waals surface area contributed by atoms with Gasteiger partial charge in [-0.25, -0.2) is 4.79 Å². The maximum Gasteiger partial charge on any atom is 0.326 e. The molecule has 0 saturated carbocycles. The van der Waals surface area contributed by atoms with Gasteiger partial charge in [0.05, 0.1) is 19.1 Å². The first-order valence-corrected chi connectivity index (χ1v) is 23.6. The summed E-state index contributed by atoms with van der Waals surface area (Å²) in [5, 5.41) is 47.1. The zero-order chi connectivity index (χ0) is 53.2. The number of carboxylic acids is 1. The number of aromatic hydroxyl groups is 2. The van der Waals surface area contributed by atoms with Crippen molar-refractivity contribution in [3.63, 3.8) is 0 Å². The minimum atomic E-state index is -1.41. The molecule has 7 amide bonds. The second-order valence-corrected chi connectivity index (χ2v) is 17.6. The van der Waals surface area contributed by atoms with Crippen molar-refractivity contribution in [3.05, 3.63) is 95.6 Å². The van der Waals surface area contributed by atoms with E-state index in [9.17, 15) is 53.7 Å². The van der Waals surface area contributed by atoms with Crippen molar-refractivity contribution in [1.82, 2.24) is 37.2 Å². The average molecular weight is 1000 g/mol. The van der Waals surface area contributed by atoms with Crippen molar-refractivity contribution >= 4 is 53.3 Å². The second kappa shape index (κ2) is 30.7. The average Bonchev–Trinajstić information content (AvgIpc) is 3.33. The van der Waals surface area contributed by atoms with Crippen molar-refractivity contribution in [1.29, 1.82) is 0 Å². The summed E-state index contributed by atoms with van der Waals surface area (Å²) in [6.07, 6.45) is 1.10. The number of hydrogen-bond acceptors (Lipinski definition) is 13. The normalized spacial score (nSPS) is 13.4. The zero-order valence-electron chi connectivity index (χ0n) is 40.6. The van der Waals surface area contributed by atoms with Gasteiger partial charge in [-0.05, 0) is 98.4 Å². The van der Waals surface area contributed by atoms with Gasteiger partial charge in [0, 0.05) is 19.4 Å². The molecule has 23 nitrogen and oxygen atoms in total. The summed E-state index contributed by atoms with van der Waals surface area (Å²) in [5.41, 5.74) is 24.5. The minimum Gasteiger partial charge on any atom is -0.508 e. The quantitative estimate of drug-likeness (QED) is 0.0197. The third-order valence-electron chi connectivity index (χ3n) is 11.0. The lowest BCUT2D eigenvalue weighted by atomic mass is 10.00. The molecule has 0 radical (unpaired) electrons. The van der Waals surface area contributed by atoms with E-state index in [1.165, 1.54) is 36.4 Å². The van der Waals surface area contributed by atoms with E-state index in [0.29, 0.717) is 29.5 Å². The molecule has 23 heteroatoms. The van der Waals surface area contributed by atoms with Gasteiger partial charge in [-0.2, -0.15) is 0 Å². The first-order valence-electron chi connectivity index (χ1n) is 23.6. The fraction of sp³-hybridized carbons (Fsp3) is 0.449. The zero-order valence-corrected chi connectivity index (χ0v) is 40.6. The van der Waals surface area contributed by atoms with Gasteiger partial charge >= 0.3 is 5.97 Å². The van der Waals surface area contributed by atoms with Crippen LogP contribution in [-0.4, -0.2) is 131 Å². The van der Waals surface area contributed by atoms with Gasteiger partial charge in [0.2, 0.25) is 41.4 Å². The van der Waals surface area contributed by atoms with Crippen molar-refractivity contribution in [2.24, 2.45) is 33.8 Å². The van der Waals surface area contributed by atoms with Crippen molar-refractivity contribution in [3.8, 4) is 11.5 Å². The SMILES string of the molecule is CC(C)CC(NC(=O)C(Cc1ccccc1)NC(=O)CNC(=O)CNC(=O)C(N)Cc1ccc(O)cc1)C(=O)NC(CCCN=C(N)N)C(=O)NC(CCCCN)C(=O)NC(Cc1ccc(O)cc1)C(=O)O. The minimum absolute atomic E-state index is 0.0283. The number of benzene rings is 3. The number of hydrogen-bond donors (Lipinski definition) is 14. The molecule has 72 heavy (non-hydrogen) atoms. The summed E-state index contributed by atoms with van der Waals surface area (Å²) < 4.78 is 0. The van der Waals surface area contributed by atoms with Crippen LogP contribution in [0.2, 0.25) is 0 Å². The first kappa shape index (κ1) is 58.5. The van der Waals surface area contributed by atoms with Crippen LogP contribution in [0.3, 0.4) is 0 Å². The lowest BCUT2D eigenvalue weighted by Gasteiger charge is -2.28. The smallest absolute Gasteiger partial charge is 0.326 e. The summed E-state index contributed by atoms with van der Waals surface area (Å²) in [6, 6.07) is 13.1. The van der Waals surface area contributed by atoms with Gasteiger partial charge in [0.1, 0.15) is 41.7 Å². The molecule has 6 unspecified atom stereocenters. The lowest BCUT2D eigenvalue weighted by molar-refractivity contribution is -0.142. The number of aliphatic imine (C=N–C) groups is 1. The number of carbonyl (C=O) groups is 8. The molecule has 6 atom stereocenters. The van der Waals surface area contributed by atoms with Crippen LogP contribution in [0.4, 0.5) is 0 Å². The lowest BCUT2D eigenvalue weighted by Crippen LogP contribution is -2.59. The van der Waals surface area contributed by atoms with E-state index >= 15 is 0 Å². The number of phenols is 2. The molecule has 18 N–H and O–H groups in total. The standard InChI is InChI=1S/C49H70N12O11/c1-29(2)23-38(60-47(70)39(25-30-9-4-3-5-10-30)57-42(65)28-55-41(64)27-56-43(66)35(51)24-31-13-17-33(62)18-14-31)46(69)59-37(12-8-22-54-49(52)53)44(67)58-36(11-6-7-21-50)45(68)61-40(48(71)72)26-32-15-19-34(63)20-16-32/h3-5,9-10,13-20,29,35-40,62-63H,6-8,11-12,21-28,50-51H2,1-2H3,(H,55,64)(H,56,66)(H,57,65)(H,58,67)(H,59,69)(H,60,70)(H,61,68)(H,71,72)(H4,52,53,54). The van der Waals surface area contributed by atoms with Crippen LogP contribution in [0, 0.1) is 5.92 Å². The first-order chi connectivity index (χ1) is 34.2. The van der Waals surface area contributed by atoms with E-state index < -0.39 is 96.7 Å². The molecule has 0 bridgehead atoms. The monoisotopic (exact) mass is 1000 g/mol. The van der Waals surface area contributed by atoms with E-state index in [-0.39, 0.29) is 81.4 Å². The van der Waals surface area contributed by atoms with E-state index in [1.807, 2.05) is 0 Å². The number of amides is 7. The molecular weight excluding hydrogens is 933 g/mol. The largest absolute Gasteiger partial charge is 0.508 e. The molecule has 0 aromatic heterocycles. The summed E-state index contributed by atoms with van der Waals surface area (Å²) >= 11 is 0. The van der Waals surface area contributed by atoms with Crippen LogP contribution in [0.5, 0.6) is 11.5 Å². The summed E-state index contributed by atoms with van der Waals surface area (Å²) in [6.45, 7) is 2.87. The third-order valence-corrected chi connectivity index (χ3v) is 11.0. The summed E-state index contributed by atoms with van der Waals surface area (Å²) in [7, 11) is 0. The number of nitrogens with one attached hydrogen (secondary N) is 7. The molecular formula is C49H70N12O11. The molecule has 0 aliphatic rings. The van der Waals surface area contributed by atoms with Crippen LogP contribution < -0.4 is 60.2 Å². The molecule has 0 saturated heterocycles. The Balaban J connectivity index is 1.77. The fourth-order valence-corrected chi connectivity index (χ4v) is 7.22. The Morgan fingerprint density at radius 3 is 1.56 bits per heavy atom. The van der Waals surface area contributed by atoms with Crippen molar-refractivity contribution in [2.45, 2.75) is 108 Å². The fourth-order valence-electron chi connectivity index (χ4n) is 7.22. The van der Waals surface area contributed by atoms with E-state index in [2.05, 4.69) is 42.2 Å². The number of rotatable bonds is 31. The Labute approximate surface area is 418 Å². The molecule has 0 fully saturated rings. The van der Waals surface area contributed by atoms with Gasteiger partial charge in [0.15, 0.2) is 5.96 Å². The molecule has 3 rings (SSSR count). The predicted molar refractivity (Wildman–Crippen MR) is 267 cm³/mol. The highest BCUT2D eigenvalue weighted by atomic mass is 16.4. The maximum atomic E-state index is 14.2. The number of aliphatic carboxylic acids is 1. The molecule has 392 valence electrons. The van der Waals surface area contributed by atoms with Crippen LogP contribution >= 0.6 is 0 Å². The number of carbonyl (C=O) groups excluding carboxylic acids is 7. The second-order valence-electron chi connectivity index (χ2n) is 17.6. The van der Waals surface area contributed by atoms with Gasteiger partial charge < -0.3 is 75.5 Å². The summed E-state index contributed by atoms with van der Waals surface area (Å²) in [5.74, 6) is -6.96. The van der Waals surface area contributed by atoms with Gasteiger partial charge in [-0.1, -0.05) is 68.4 Å². The van der Waals surface area contributed by atoms with Gasteiger partial charge in [-0.15, -0.1) is 0 Å². The number of guanidine groups is 1. The maximum absolute atomic E-state index is 14.2. The van der Waals surface area contributed by atoms with E-state index in [1.54, 1.807) is 56.3 Å². The predicted octanol–water partition coefficient (Wildman–Crippen LogP) is -1.58. The van der Waals surface area contributed by atoms with Gasteiger partial charge in [0.25, 0.3) is 0 Å². The van der Waals surface area contributed by atoms with Crippen molar-refractivity contribution in [2.75, 3.05) is 26.2 Å². The Bertz CT molecular complexity index is 2280. The van der Waals surface area contributed by atoms with Crippen molar-refractivity contribution < 1.29 is 53.7 Å². The molecule has 0 spiro atoms. The van der Waals surface area contributed by atoms with E-state index in [4.69, 9.17) is 22.9 Å².